The molecule has 2 aliphatic carbocycles. The van der Waals surface area contributed by atoms with Crippen LogP contribution in [0.1, 0.15) is 143 Å². The van der Waals surface area contributed by atoms with Crippen LogP contribution in [0, 0.1) is 27.6 Å². The van der Waals surface area contributed by atoms with Crippen LogP contribution in [-0.4, -0.2) is 6.71 Å². The summed E-state index contributed by atoms with van der Waals surface area (Å²) >= 11 is 0. The van der Waals surface area contributed by atoms with Crippen LogP contribution in [0.5, 0.6) is 0 Å². The molecule has 0 saturated carbocycles. The monoisotopic (exact) mass is 895 g/mol. The highest BCUT2D eigenvalue weighted by molar-refractivity contribution is 7.00. The number of aryl methyl sites for hydroxylation is 4. The van der Waals surface area contributed by atoms with Crippen molar-refractivity contribution in [1.29, 1.82) is 0 Å². The van der Waals surface area contributed by atoms with E-state index in [0.717, 1.165) is 69.5 Å². The second kappa shape index (κ2) is 14.8. The first-order valence-corrected chi connectivity index (χ1v) is 25.0. The minimum atomic E-state index is -2.39. The van der Waals surface area contributed by atoms with Gasteiger partial charge >= 0.3 is 0 Å². The van der Waals surface area contributed by atoms with Gasteiger partial charge in [0.2, 0.25) is 0 Å². The smallest absolute Gasteiger partial charge is 0.252 e. The van der Waals surface area contributed by atoms with Crippen molar-refractivity contribution in [2.75, 3.05) is 14.7 Å². The second-order valence-electron chi connectivity index (χ2n) is 24.5. The number of nitrogens with zero attached hydrogens (tertiary/aromatic N) is 3. The maximum absolute atomic E-state index is 9.25. The Kier molecular flexibility index (Phi) is 8.90. The van der Waals surface area contributed by atoms with Crippen LogP contribution < -0.4 is 31.1 Å². The van der Waals surface area contributed by atoms with E-state index in [-0.39, 0.29) is 33.8 Å². The fraction of sp³-hybridized carbons (Fsp3) is 0.344. The van der Waals surface area contributed by atoms with Gasteiger partial charge in [-0.25, -0.2) is 0 Å². The highest BCUT2D eigenvalue weighted by atomic mass is 15.2. The molecule has 0 fully saturated rings. The minimum absolute atomic E-state index is 0.0114. The first kappa shape index (κ1) is 41.0. The van der Waals surface area contributed by atoms with Crippen molar-refractivity contribution in [2.24, 2.45) is 0 Å². The van der Waals surface area contributed by atoms with Crippen LogP contribution in [0.2, 0.25) is 0 Å². The van der Waals surface area contributed by atoms with Crippen LogP contribution in [-0.2, 0) is 27.1 Å². The van der Waals surface area contributed by atoms with E-state index >= 15 is 0 Å². The average molecular weight is 895 g/mol. The molecule has 68 heavy (non-hydrogen) atoms. The zero-order valence-electron chi connectivity index (χ0n) is 46.0. The largest absolute Gasteiger partial charge is 0.311 e. The normalized spacial score (nSPS) is 18.4. The Morgan fingerprint density at radius 1 is 0.485 bits per heavy atom. The summed E-state index contributed by atoms with van der Waals surface area (Å²) in [6, 6.07) is 47.1. The molecule has 7 aromatic rings. The van der Waals surface area contributed by atoms with Gasteiger partial charge in [-0.2, -0.15) is 0 Å². The number of anilines is 9. The number of fused-ring (bicyclic) bond motifs is 6. The first-order valence-electron chi connectivity index (χ1n) is 26.5. The van der Waals surface area contributed by atoms with Crippen molar-refractivity contribution in [3.63, 3.8) is 0 Å². The van der Waals surface area contributed by atoms with Gasteiger partial charge in [-0.05, 0) is 195 Å². The fourth-order valence-electron chi connectivity index (χ4n) is 13.8. The summed E-state index contributed by atoms with van der Waals surface area (Å²) in [4.78, 5) is 7.28. The Bertz CT molecular complexity index is 3280. The summed E-state index contributed by atoms with van der Waals surface area (Å²) in [5.41, 5.74) is 23.5. The van der Waals surface area contributed by atoms with Gasteiger partial charge in [-0.1, -0.05) is 143 Å². The van der Waals surface area contributed by atoms with Crippen molar-refractivity contribution in [3.8, 4) is 0 Å². The summed E-state index contributed by atoms with van der Waals surface area (Å²) in [6.45, 7) is 30.2. The Hall–Kier alpha value is -6.00. The molecule has 4 aliphatic rings. The van der Waals surface area contributed by atoms with E-state index in [1.54, 1.807) is 0 Å². The van der Waals surface area contributed by atoms with Gasteiger partial charge in [0, 0.05) is 49.6 Å². The summed E-state index contributed by atoms with van der Waals surface area (Å²) in [5.74, 6) is 0. The lowest BCUT2D eigenvalue weighted by Crippen LogP contribution is -2.61. The third kappa shape index (κ3) is 6.67. The van der Waals surface area contributed by atoms with Crippen LogP contribution in [0.4, 0.5) is 51.2 Å². The lowest BCUT2D eigenvalue weighted by Gasteiger charge is -2.46. The molecule has 0 bridgehead atoms. The molecule has 0 aromatic heterocycles. The molecule has 0 amide bonds. The van der Waals surface area contributed by atoms with Crippen LogP contribution in [0.15, 0.2) is 127 Å². The number of benzene rings is 7. The lowest BCUT2D eigenvalue weighted by atomic mass is 9.33. The Morgan fingerprint density at radius 3 is 1.50 bits per heavy atom. The topological polar surface area (TPSA) is 9.72 Å². The van der Waals surface area contributed by atoms with E-state index < -0.39 is 6.85 Å². The molecule has 3 nitrogen and oxygen atoms in total. The Labute approximate surface area is 412 Å². The summed E-state index contributed by atoms with van der Waals surface area (Å²) in [5, 5.41) is 0. The standard InChI is InChI=1S/C64H70BN3/c1-39-28-56-58-57(29-39)68(59-41(3)30-43(31-42(59)4)60(5,6)7)55-36-50-48(62(10,11)38-64(50,14)15)34-52(55)65(58)51-27-26-46(66(44-22-18-16-19-23-44)45-24-20-17-21-25-45)33-54(51)67(56)53-35-49-47(32-40(53)2)61(8,9)37-63(49,12)13/h16-36H,37-38H2,1-15H3/i1D3. The van der Waals surface area contributed by atoms with E-state index in [9.17, 15) is 4.11 Å². The predicted molar refractivity (Wildman–Crippen MR) is 294 cm³/mol. The van der Waals surface area contributed by atoms with Gasteiger partial charge in [0.15, 0.2) is 0 Å². The molecule has 7 aromatic carbocycles. The molecular weight excluding hydrogens is 822 g/mol. The van der Waals surface area contributed by atoms with Crippen molar-refractivity contribution in [3.05, 3.63) is 177 Å². The number of hydrogen-bond donors (Lipinski definition) is 0. The summed E-state index contributed by atoms with van der Waals surface area (Å²) < 4.78 is 27.7. The van der Waals surface area contributed by atoms with Gasteiger partial charge < -0.3 is 14.7 Å². The SMILES string of the molecule is [2H]C([2H])([2H])c1cc2c3c(c1)N(c1c(C)cc(C(C)(C)C)cc1C)c1cc4c(cc1B3c1ccc(N(c3ccccc3)c3ccccc3)cc1N2c1cc2c(cc1C)C(C)(C)CC2(C)C)C(C)(C)CC4(C)C. The van der Waals surface area contributed by atoms with E-state index in [1.165, 1.54) is 55.4 Å². The maximum atomic E-state index is 9.25. The third-order valence-electron chi connectivity index (χ3n) is 16.3. The van der Waals surface area contributed by atoms with Gasteiger partial charge in [0.1, 0.15) is 0 Å². The quantitative estimate of drug-likeness (QED) is 0.159. The minimum Gasteiger partial charge on any atom is -0.311 e. The maximum Gasteiger partial charge on any atom is 0.252 e. The molecular formula is C64H70BN3. The molecule has 11 rings (SSSR count). The molecule has 2 heterocycles. The molecule has 0 N–H and O–H groups in total. The van der Waals surface area contributed by atoms with Crippen molar-refractivity contribution < 1.29 is 4.11 Å². The van der Waals surface area contributed by atoms with Crippen LogP contribution >= 0.6 is 0 Å². The van der Waals surface area contributed by atoms with Gasteiger partial charge in [0.05, 0.1) is 5.69 Å². The van der Waals surface area contributed by atoms with Crippen molar-refractivity contribution in [2.45, 2.75) is 144 Å². The average Bonchev–Trinajstić information content (AvgIpc) is 3.59. The van der Waals surface area contributed by atoms with E-state index in [4.69, 9.17) is 0 Å². The number of para-hydroxylation sites is 2. The molecule has 0 unspecified atom stereocenters. The summed E-state index contributed by atoms with van der Waals surface area (Å²) in [6.07, 6.45) is 2.08. The molecule has 0 saturated heterocycles. The van der Waals surface area contributed by atoms with Gasteiger partial charge in [0.25, 0.3) is 6.71 Å². The lowest BCUT2D eigenvalue weighted by molar-refractivity contribution is 0.402. The van der Waals surface area contributed by atoms with Crippen molar-refractivity contribution in [1.82, 2.24) is 0 Å². The zero-order chi connectivity index (χ0) is 50.7. The van der Waals surface area contributed by atoms with E-state index in [1.807, 2.05) is 12.1 Å². The van der Waals surface area contributed by atoms with Crippen molar-refractivity contribution >= 4 is 74.3 Å². The van der Waals surface area contributed by atoms with Crippen LogP contribution in [0.25, 0.3) is 0 Å². The number of rotatable bonds is 5. The van der Waals surface area contributed by atoms with Crippen LogP contribution in [0.3, 0.4) is 0 Å². The predicted octanol–water partition coefficient (Wildman–Crippen LogP) is 15.7. The van der Waals surface area contributed by atoms with E-state index in [0.29, 0.717) is 5.56 Å². The van der Waals surface area contributed by atoms with Gasteiger partial charge in [-0.15, -0.1) is 0 Å². The molecule has 0 spiro atoms. The summed E-state index contributed by atoms with van der Waals surface area (Å²) in [7, 11) is 0. The third-order valence-corrected chi connectivity index (χ3v) is 16.3. The Balaban J connectivity index is 1.29. The fourth-order valence-corrected chi connectivity index (χ4v) is 13.8. The molecule has 0 atom stereocenters. The number of hydrogen-bond acceptors (Lipinski definition) is 3. The van der Waals surface area contributed by atoms with E-state index in [2.05, 4.69) is 227 Å². The first-order chi connectivity index (χ1) is 33.2. The Morgan fingerprint density at radius 2 is 0.971 bits per heavy atom. The second-order valence-corrected chi connectivity index (χ2v) is 24.5. The molecule has 4 heteroatoms. The molecule has 0 radical (unpaired) electrons. The molecule has 344 valence electrons. The highest BCUT2D eigenvalue weighted by Crippen LogP contribution is 2.56. The van der Waals surface area contributed by atoms with Gasteiger partial charge in [-0.3, -0.25) is 0 Å². The highest BCUT2D eigenvalue weighted by Gasteiger charge is 2.49. The zero-order valence-corrected chi connectivity index (χ0v) is 43.0. The molecule has 2 aliphatic heterocycles.